The molecule has 0 aliphatic heterocycles. The van der Waals surface area contributed by atoms with E-state index in [1.54, 1.807) is 14.2 Å². The Labute approximate surface area is 69.2 Å². The lowest BCUT2D eigenvalue weighted by molar-refractivity contribution is 0.275. The molecule has 1 rings (SSSR count). The molecule has 0 amide bonds. The van der Waals surface area contributed by atoms with Crippen molar-refractivity contribution >= 4 is 11.3 Å². The molecule has 0 fully saturated rings. The molecule has 4 heteroatoms. The van der Waals surface area contributed by atoms with Crippen molar-refractivity contribution in [2.24, 2.45) is 0 Å². The maximum atomic E-state index is 8.83. The Morgan fingerprint density at radius 2 is 2.18 bits per heavy atom. The van der Waals surface area contributed by atoms with Gasteiger partial charge in [-0.25, -0.2) is 0 Å². The van der Waals surface area contributed by atoms with Gasteiger partial charge in [-0.3, -0.25) is 0 Å². The monoisotopic (exact) mass is 174 g/mol. The summed E-state index contributed by atoms with van der Waals surface area (Å²) in [5.41, 5.74) is 0. The standard InChI is InChI=1S/C7H10O3S/c1-9-5-4-11-6(3-8)7(5)10-2/h4,8H,3H2,1-2H3. The van der Waals surface area contributed by atoms with Gasteiger partial charge in [-0.1, -0.05) is 0 Å². The summed E-state index contributed by atoms with van der Waals surface area (Å²) in [6.45, 7) is -0.00278. The zero-order valence-electron chi connectivity index (χ0n) is 6.46. The molecule has 0 aliphatic carbocycles. The van der Waals surface area contributed by atoms with Crippen LogP contribution in [0.1, 0.15) is 4.88 Å². The lowest BCUT2D eigenvalue weighted by atomic mass is 10.4. The first-order valence-electron chi connectivity index (χ1n) is 3.12. The summed E-state index contributed by atoms with van der Waals surface area (Å²) in [6.07, 6.45) is 0. The number of ether oxygens (including phenoxy) is 2. The lowest BCUT2D eigenvalue weighted by Crippen LogP contribution is -1.89. The molecule has 11 heavy (non-hydrogen) atoms. The van der Waals surface area contributed by atoms with E-state index >= 15 is 0 Å². The minimum Gasteiger partial charge on any atom is -0.492 e. The first-order valence-corrected chi connectivity index (χ1v) is 4.00. The van der Waals surface area contributed by atoms with Crippen molar-refractivity contribution in [2.45, 2.75) is 6.61 Å². The molecule has 0 unspecified atom stereocenters. The minimum atomic E-state index is -0.00278. The highest BCUT2D eigenvalue weighted by molar-refractivity contribution is 7.10. The number of hydrogen-bond donors (Lipinski definition) is 1. The van der Waals surface area contributed by atoms with Crippen LogP contribution >= 0.6 is 11.3 Å². The van der Waals surface area contributed by atoms with Gasteiger partial charge < -0.3 is 14.6 Å². The van der Waals surface area contributed by atoms with Crippen molar-refractivity contribution in [2.75, 3.05) is 14.2 Å². The fourth-order valence-corrected chi connectivity index (χ4v) is 1.65. The number of rotatable bonds is 3. The molecule has 62 valence electrons. The van der Waals surface area contributed by atoms with Gasteiger partial charge in [0.05, 0.1) is 25.7 Å². The summed E-state index contributed by atoms with van der Waals surface area (Å²) >= 11 is 1.43. The van der Waals surface area contributed by atoms with Crippen molar-refractivity contribution < 1.29 is 14.6 Å². The molecule has 3 nitrogen and oxygen atoms in total. The molecule has 1 heterocycles. The molecule has 1 aromatic rings. The molecule has 0 spiro atoms. The summed E-state index contributed by atoms with van der Waals surface area (Å²) in [5, 5.41) is 10.6. The van der Waals surface area contributed by atoms with Crippen LogP contribution in [0.25, 0.3) is 0 Å². The highest BCUT2D eigenvalue weighted by Crippen LogP contribution is 2.36. The van der Waals surface area contributed by atoms with Crippen molar-refractivity contribution in [3.63, 3.8) is 0 Å². The Balaban J connectivity index is 2.99. The third kappa shape index (κ3) is 1.46. The largest absolute Gasteiger partial charge is 0.492 e. The maximum absolute atomic E-state index is 8.83. The molecule has 1 N–H and O–H groups in total. The van der Waals surface area contributed by atoms with Crippen molar-refractivity contribution in [1.82, 2.24) is 0 Å². The number of thiophene rings is 1. The Hall–Kier alpha value is -0.740. The minimum absolute atomic E-state index is 0.00278. The van der Waals surface area contributed by atoms with E-state index < -0.39 is 0 Å². The van der Waals surface area contributed by atoms with Crippen LogP contribution in [0.15, 0.2) is 5.38 Å². The number of hydrogen-bond acceptors (Lipinski definition) is 4. The Kier molecular flexibility index (Phi) is 2.73. The van der Waals surface area contributed by atoms with Crippen molar-refractivity contribution in [1.29, 1.82) is 0 Å². The van der Waals surface area contributed by atoms with Gasteiger partial charge in [-0.2, -0.15) is 0 Å². The van der Waals surface area contributed by atoms with Crippen LogP contribution in [0.2, 0.25) is 0 Å². The van der Waals surface area contributed by atoms with E-state index in [2.05, 4.69) is 0 Å². The number of aliphatic hydroxyl groups excluding tert-OH is 1. The highest BCUT2D eigenvalue weighted by atomic mass is 32.1. The van der Waals surface area contributed by atoms with Gasteiger partial charge in [0.25, 0.3) is 0 Å². The lowest BCUT2D eigenvalue weighted by Gasteiger charge is -2.02. The molecule has 0 aliphatic rings. The smallest absolute Gasteiger partial charge is 0.177 e. The fourth-order valence-electron chi connectivity index (χ4n) is 0.833. The first kappa shape index (κ1) is 8.36. The molecular weight excluding hydrogens is 164 g/mol. The van der Waals surface area contributed by atoms with Gasteiger partial charge in [0.15, 0.2) is 11.5 Å². The van der Waals surface area contributed by atoms with Crippen LogP contribution in [0, 0.1) is 0 Å². The number of methoxy groups -OCH3 is 2. The van der Waals surface area contributed by atoms with E-state index in [0.29, 0.717) is 11.5 Å². The topological polar surface area (TPSA) is 38.7 Å². The Morgan fingerprint density at radius 3 is 2.64 bits per heavy atom. The van der Waals surface area contributed by atoms with Gasteiger partial charge in [0.2, 0.25) is 0 Å². The normalized spacial score (nSPS) is 9.73. The third-order valence-corrected chi connectivity index (χ3v) is 2.28. The van der Waals surface area contributed by atoms with Crippen molar-refractivity contribution in [3.8, 4) is 11.5 Å². The molecule has 0 radical (unpaired) electrons. The van der Waals surface area contributed by atoms with Gasteiger partial charge in [-0.15, -0.1) is 11.3 Å². The highest BCUT2D eigenvalue weighted by Gasteiger charge is 2.10. The predicted octanol–water partition coefficient (Wildman–Crippen LogP) is 1.26. The molecule has 0 atom stereocenters. The summed E-state index contributed by atoms with van der Waals surface area (Å²) in [5.74, 6) is 1.32. The molecular formula is C7H10O3S. The summed E-state index contributed by atoms with van der Waals surface area (Å²) in [4.78, 5) is 0.796. The van der Waals surface area contributed by atoms with Crippen LogP contribution in [-0.2, 0) is 6.61 Å². The SMILES string of the molecule is COc1csc(CO)c1OC. The van der Waals surface area contributed by atoms with E-state index in [0.717, 1.165) is 4.88 Å². The van der Waals surface area contributed by atoms with E-state index in [4.69, 9.17) is 14.6 Å². The molecule has 0 saturated carbocycles. The van der Waals surface area contributed by atoms with Gasteiger partial charge in [0, 0.05) is 5.38 Å². The fraction of sp³-hybridized carbons (Fsp3) is 0.429. The van der Waals surface area contributed by atoms with Crippen LogP contribution < -0.4 is 9.47 Å². The Bertz CT molecular complexity index is 210. The second-order valence-electron chi connectivity index (χ2n) is 1.92. The average molecular weight is 174 g/mol. The van der Waals surface area contributed by atoms with Crippen LogP contribution in [0.5, 0.6) is 11.5 Å². The molecule has 0 bridgehead atoms. The maximum Gasteiger partial charge on any atom is 0.177 e. The van der Waals surface area contributed by atoms with E-state index in [1.165, 1.54) is 11.3 Å². The zero-order valence-corrected chi connectivity index (χ0v) is 7.27. The Morgan fingerprint density at radius 1 is 1.45 bits per heavy atom. The van der Waals surface area contributed by atoms with Gasteiger partial charge >= 0.3 is 0 Å². The summed E-state index contributed by atoms with van der Waals surface area (Å²) in [7, 11) is 3.13. The second kappa shape index (κ2) is 3.59. The predicted molar refractivity (Wildman–Crippen MR) is 43.3 cm³/mol. The van der Waals surface area contributed by atoms with Gasteiger partial charge in [-0.05, 0) is 0 Å². The second-order valence-corrected chi connectivity index (χ2v) is 2.88. The van der Waals surface area contributed by atoms with Gasteiger partial charge in [0.1, 0.15) is 0 Å². The molecule has 0 aromatic carbocycles. The quantitative estimate of drug-likeness (QED) is 0.749. The van der Waals surface area contributed by atoms with Crippen LogP contribution in [0.4, 0.5) is 0 Å². The summed E-state index contributed by atoms with van der Waals surface area (Å²) in [6, 6.07) is 0. The number of aliphatic hydroxyl groups is 1. The summed E-state index contributed by atoms with van der Waals surface area (Å²) < 4.78 is 10.0. The van der Waals surface area contributed by atoms with Crippen molar-refractivity contribution in [3.05, 3.63) is 10.3 Å². The first-order chi connectivity index (χ1) is 5.33. The van der Waals surface area contributed by atoms with E-state index in [1.807, 2.05) is 5.38 Å². The van der Waals surface area contributed by atoms with Crippen LogP contribution in [0.3, 0.4) is 0 Å². The third-order valence-electron chi connectivity index (χ3n) is 1.35. The zero-order chi connectivity index (χ0) is 8.27. The van der Waals surface area contributed by atoms with Crippen LogP contribution in [-0.4, -0.2) is 19.3 Å². The average Bonchev–Trinajstić information content (AvgIpc) is 2.45. The van der Waals surface area contributed by atoms with E-state index in [-0.39, 0.29) is 6.61 Å². The van der Waals surface area contributed by atoms with E-state index in [9.17, 15) is 0 Å². The molecule has 0 saturated heterocycles. The molecule has 1 aromatic heterocycles.